The number of rotatable bonds is 4. The van der Waals surface area contributed by atoms with Gasteiger partial charge in [0.2, 0.25) is 0 Å². The van der Waals surface area contributed by atoms with Crippen molar-refractivity contribution in [1.29, 1.82) is 0 Å². The van der Waals surface area contributed by atoms with Crippen molar-refractivity contribution >= 4 is 11.6 Å². The van der Waals surface area contributed by atoms with Crippen LogP contribution in [0.1, 0.15) is 53.4 Å². The first-order valence-corrected chi connectivity index (χ1v) is 7.27. The Kier molecular flexibility index (Phi) is 3.31. The number of nitrogens with one attached hydrogen (secondary N) is 1. The number of anilines is 1. The first-order valence-electron chi connectivity index (χ1n) is 7.27. The number of carbonyl (C=O) groups excluding carboxylic acids is 1. The van der Waals surface area contributed by atoms with Crippen LogP contribution in [0.25, 0.3) is 0 Å². The van der Waals surface area contributed by atoms with E-state index < -0.39 is 0 Å². The van der Waals surface area contributed by atoms with Gasteiger partial charge in [-0.05, 0) is 52.5 Å². The van der Waals surface area contributed by atoms with Crippen molar-refractivity contribution in [2.75, 3.05) is 5.32 Å². The third-order valence-corrected chi connectivity index (χ3v) is 4.12. The number of amides is 1. The van der Waals surface area contributed by atoms with Gasteiger partial charge >= 0.3 is 0 Å². The molecule has 2 heterocycles. The zero-order valence-electron chi connectivity index (χ0n) is 12.8. The Bertz CT molecular complexity index is 662. The molecule has 1 amide bonds. The van der Waals surface area contributed by atoms with Crippen LogP contribution in [0.5, 0.6) is 0 Å². The summed E-state index contributed by atoms with van der Waals surface area (Å²) in [5, 5.41) is 11.1. The number of carbonyl (C=O) groups is 1. The van der Waals surface area contributed by atoms with E-state index in [1.54, 1.807) is 13.8 Å². The van der Waals surface area contributed by atoms with Gasteiger partial charge in [-0.2, -0.15) is 5.10 Å². The van der Waals surface area contributed by atoms with E-state index in [1.807, 2.05) is 17.7 Å². The number of aryl methyl sites for hydroxylation is 3. The van der Waals surface area contributed by atoms with Gasteiger partial charge in [-0.1, -0.05) is 5.16 Å². The maximum Gasteiger partial charge on any atom is 0.276 e. The Balaban J connectivity index is 1.80. The lowest BCUT2D eigenvalue weighted by molar-refractivity contribution is 0.102. The summed E-state index contributed by atoms with van der Waals surface area (Å²) >= 11 is 0. The maximum absolute atomic E-state index is 12.3. The zero-order chi connectivity index (χ0) is 15.1. The molecule has 1 N–H and O–H groups in total. The molecule has 0 radical (unpaired) electrons. The molecule has 1 aliphatic carbocycles. The van der Waals surface area contributed by atoms with E-state index in [0.29, 0.717) is 34.8 Å². The highest BCUT2D eigenvalue weighted by atomic mass is 16.5. The van der Waals surface area contributed by atoms with Crippen LogP contribution in [0.4, 0.5) is 5.69 Å². The first-order chi connectivity index (χ1) is 9.97. The minimum atomic E-state index is -0.228. The molecule has 1 atom stereocenters. The Labute approximate surface area is 123 Å². The number of hydrogen-bond acceptors (Lipinski definition) is 4. The Morgan fingerprint density at radius 2 is 2.14 bits per heavy atom. The quantitative estimate of drug-likeness (QED) is 0.938. The predicted molar refractivity (Wildman–Crippen MR) is 78.3 cm³/mol. The lowest BCUT2D eigenvalue weighted by Crippen LogP contribution is -2.16. The van der Waals surface area contributed by atoms with E-state index in [1.165, 1.54) is 12.8 Å². The summed E-state index contributed by atoms with van der Waals surface area (Å²) in [7, 11) is 0. The van der Waals surface area contributed by atoms with Gasteiger partial charge < -0.3 is 9.84 Å². The molecule has 6 heteroatoms. The van der Waals surface area contributed by atoms with E-state index in [4.69, 9.17) is 4.52 Å². The number of aromatic nitrogens is 3. The van der Waals surface area contributed by atoms with Crippen molar-refractivity contribution < 1.29 is 9.32 Å². The fourth-order valence-electron chi connectivity index (χ4n) is 2.63. The van der Waals surface area contributed by atoms with Gasteiger partial charge in [-0.15, -0.1) is 0 Å². The van der Waals surface area contributed by atoms with E-state index >= 15 is 0 Å². The van der Waals surface area contributed by atoms with Gasteiger partial charge in [0, 0.05) is 5.69 Å². The summed E-state index contributed by atoms with van der Waals surface area (Å²) in [5.41, 5.74) is 2.74. The molecule has 0 saturated heterocycles. The SMILES string of the molecule is Cc1noc(C)c1NC(=O)c1cc(C)n(C(C)C2CC2)n1. The summed E-state index contributed by atoms with van der Waals surface area (Å²) in [6, 6.07) is 2.18. The van der Waals surface area contributed by atoms with Crippen LogP contribution >= 0.6 is 0 Å². The van der Waals surface area contributed by atoms with Crippen molar-refractivity contribution in [3.63, 3.8) is 0 Å². The highest BCUT2D eigenvalue weighted by molar-refractivity contribution is 6.03. The average Bonchev–Trinajstić information content (AvgIpc) is 3.16. The molecule has 112 valence electrons. The zero-order valence-corrected chi connectivity index (χ0v) is 12.8. The topological polar surface area (TPSA) is 73.0 Å². The van der Waals surface area contributed by atoms with Crippen LogP contribution in [0, 0.1) is 26.7 Å². The molecule has 0 bridgehead atoms. The van der Waals surface area contributed by atoms with Gasteiger partial charge in [-0.3, -0.25) is 9.48 Å². The lowest BCUT2D eigenvalue weighted by atomic mass is 10.2. The summed E-state index contributed by atoms with van der Waals surface area (Å²) in [4.78, 5) is 12.3. The Hall–Kier alpha value is -2.11. The third-order valence-electron chi connectivity index (χ3n) is 4.12. The molecular formula is C15H20N4O2. The largest absolute Gasteiger partial charge is 0.359 e. The molecule has 1 aliphatic rings. The standard InChI is InChI=1S/C15H20N4O2/c1-8-7-13(17-19(8)10(3)12-5-6-12)15(20)16-14-9(2)18-21-11(14)4/h7,10,12H,5-6H2,1-4H3,(H,16,20). The maximum atomic E-state index is 12.3. The monoisotopic (exact) mass is 288 g/mol. The smallest absolute Gasteiger partial charge is 0.276 e. The first kappa shape index (κ1) is 13.9. The van der Waals surface area contributed by atoms with Crippen molar-refractivity contribution in [3.8, 4) is 0 Å². The Morgan fingerprint density at radius 1 is 1.43 bits per heavy atom. The molecule has 1 unspecified atom stereocenters. The lowest BCUT2D eigenvalue weighted by Gasteiger charge is -2.12. The minimum absolute atomic E-state index is 0.228. The van der Waals surface area contributed by atoms with Crippen LogP contribution in [0.15, 0.2) is 10.6 Å². The summed E-state index contributed by atoms with van der Waals surface area (Å²) < 4.78 is 7.01. The van der Waals surface area contributed by atoms with Gasteiger partial charge in [0.05, 0.1) is 6.04 Å². The molecule has 6 nitrogen and oxygen atoms in total. The van der Waals surface area contributed by atoms with Crippen LogP contribution in [0.2, 0.25) is 0 Å². The molecule has 1 fully saturated rings. The highest BCUT2D eigenvalue weighted by Crippen LogP contribution is 2.39. The molecule has 0 aliphatic heterocycles. The fourth-order valence-corrected chi connectivity index (χ4v) is 2.63. The minimum Gasteiger partial charge on any atom is -0.359 e. The van der Waals surface area contributed by atoms with E-state index in [0.717, 1.165) is 5.69 Å². The molecule has 3 rings (SSSR count). The normalized spacial score (nSPS) is 16.0. The summed E-state index contributed by atoms with van der Waals surface area (Å²) in [6.07, 6.45) is 2.50. The van der Waals surface area contributed by atoms with Crippen LogP contribution in [0.3, 0.4) is 0 Å². The van der Waals surface area contributed by atoms with Crippen molar-refractivity contribution in [1.82, 2.24) is 14.9 Å². The second-order valence-electron chi connectivity index (χ2n) is 5.85. The number of nitrogens with zero attached hydrogens (tertiary/aromatic N) is 3. The second-order valence-corrected chi connectivity index (χ2v) is 5.85. The fraction of sp³-hybridized carbons (Fsp3) is 0.533. The van der Waals surface area contributed by atoms with Crippen LogP contribution in [-0.2, 0) is 0 Å². The molecule has 1 saturated carbocycles. The molecule has 21 heavy (non-hydrogen) atoms. The molecule has 0 spiro atoms. The summed E-state index contributed by atoms with van der Waals surface area (Å²) in [5.74, 6) is 1.07. The van der Waals surface area contributed by atoms with Gasteiger partial charge in [-0.25, -0.2) is 0 Å². The highest BCUT2D eigenvalue weighted by Gasteiger charge is 2.31. The second kappa shape index (κ2) is 5.02. The van der Waals surface area contributed by atoms with E-state index in [9.17, 15) is 4.79 Å². The molecular weight excluding hydrogens is 268 g/mol. The van der Waals surface area contributed by atoms with Crippen LogP contribution in [-0.4, -0.2) is 20.8 Å². The van der Waals surface area contributed by atoms with E-state index in [2.05, 4.69) is 22.5 Å². The van der Waals surface area contributed by atoms with Crippen LogP contribution < -0.4 is 5.32 Å². The number of hydrogen-bond donors (Lipinski definition) is 1. The molecule has 2 aromatic rings. The van der Waals surface area contributed by atoms with Crippen molar-refractivity contribution in [2.24, 2.45) is 5.92 Å². The summed E-state index contributed by atoms with van der Waals surface area (Å²) in [6.45, 7) is 7.71. The van der Waals surface area contributed by atoms with Crippen molar-refractivity contribution in [3.05, 3.63) is 28.9 Å². The Morgan fingerprint density at radius 3 is 2.71 bits per heavy atom. The van der Waals surface area contributed by atoms with Gasteiger partial charge in [0.1, 0.15) is 11.4 Å². The third kappa shape index (κ3) is 2.57. The van der Waals surface area contributed by atoms with Gasteiger partial charge in [0.25, 0.3) is 5.91 Å². The average molecular weight is 288 g/mol. The van der Waals surface area contributed by atoms with Gasteiger partial charge in [0.15, 0.2) is 11.5 Å². The molecule has 0 aromatic carbocycles. The molecule has 2 aromatic heterocycles. The van der Waals surface area contributed by atoms with E-state index in [-0.39, 0.29) is 5.91 Å². The van der Waals surface area contributed by atoms with Crippen molar-refractivity contribution in [2.45, 2.75) is 46.6 Å². The predicted octanol–water partition coefficient (Wildman–Crippen LogP) is 3.02.